The molecule has 0 radical (unpaired) electrons. The van der Waals surface area contributed by atoms with Gasteiger partial charge in [-0.05, 0) is 19.8 Å². The summed E-state index contributed by atoms with van der Waals surface area (Å²) in [7, 11) is 0. The summed E-state index contributed by atoms with van der Waals surface area (Å²) in [5, 5.41) is 12.8. The average molecular weight is 201 g/mol. The van der Waals surface area contributed by atoms with Crippen molar-refractivity contribution in [3.8, 4) is 0 Å². The fourth-order valence-electron chi connectivity index (χ4n) is 1.82. The highest BCUT2D eigenvalue weighted by Crippen LogP contribution is 2.28. The lowest BCUT2D eigenvalue weighted by atomic mass is 10.0. The monoisotopic (exact) mass is 201 g/mol. The third-order valence-corrected chi connectivity index (χ3v) is 2.56. The van der Waals surface area contributed by atoms with Gasteiger partial charge in [-0.25, -0.2) is 0 Å². The minimum Gasteiger partial charge on any atom is -0.465 e. The SMILES string of the molecule is CCOC(=O)CNCC1(O)CCCC1. The molecule has 0 atom stereocenters. The summed E-state index contributed by atoms with van der Waals surface area (Å²) in [4.78, 5) is 11.0. The Morgan fingerprint density at radius 2 is 2.14 bits per heavy atom. The van der Waals surface area contributed by atoms with E-state index in [2.05, 4.69) is 5.32 Å². The molecule has 1 rings (SSSR count). The Morgan fingerprint density at radius 3 is 2.71 bits per heavy atom. The van der Waals surface area contributed by atoms with Gasteiger partial charge in [-0.15, -0.1) is 0 Å². The standard InChI is InChI=1S/C10H19NO3/c1-2-14-9(12)7-11-8-10(13)5-3-4-6-10/h11,13H,2-8H2,1H3. The second kappa shape index (κ2) is 5.32. The molecule has 0 aromatic heterocycles. The van der Waals surface area contributed by atoms with Crippen LogP contribution in [0.5, 0.6) is 0 Å². The number of esters is 1. The number of hydrogen-bond donors (Lipinski definition) is 2. The number of hydrogen-bond acceptors (Lipinski definition) is 4. The zero-order valence-corrected chi connectivity index (χ0v) is 8.71. The fraction of sp³-hybridized carbons (Fsp3) is 0.900. The Morgan fingerprint density at radius 1 is 1.50 bits per heavy atom. The molecule has 1 aliphatic rings. The van der Waals surface area contributed by atoms with E-state index in [9.17, 15) is 9.90 Å². The molecular weight excluding hydrogens is 182 g/mol. The predicted octanol–water partition coefficient (Wildman–Crippen LogP) is 0.444. The van der Waals surface area contributed by atoms with E-state index < -0.39 is 5.60 Å². The minimum atomic E-state index is -0.591. The number of carbonyl (C=O) groups is 1. The molecule has 14 heavy (non-hydrogen) atoms. The summed E-state index contributed by atoms with van der Waals surface area (Å²) < 4.78 is 4.76. The highest BCUT2D eigenvalue weighted by atomic mass is 16.5. The minimum absolute atomic E-state index is 0.191. The normalized spacial score (nSPS) is 19.6. The third-order valence-electron chi connectivity index (χ3n) is 2.56. The molecule has 0 amide bonds. The highest BCUT2D eigenvalue weighted by Gasteiger charge is 2.30. The van der Waals surface area contributed by atoms with Crippen LogP contribution in [0.15, 0.2) is 0 Å². The highest BCUT2D eigenvalue weighted by molar-refractivity contribution is 5.71. The van der Waals surface area contributed by atoms with Crippen molar-refractivity contribution >= 4 is 5.97 Å². The van der Waals surface area contributed by atoms with E-state index in [1.807, 2.05) is 0 Å². The number of aliphatic hydroxyl groups is 1. The molecule has 0 aliphatic heterocycles. The first-order valence-electron chi connectivity index (χ1n) is 5.25. The first-order valence-corrected chi connectivity index (χ1v) is 5.25. The van der Waals surface area contributed by atoms with Crippen LogP contribution < -0.4 is 5.32 Å². The Balaban J connectivity index is 2.11. The maximum atomic E-state index is 11.0. The topological polar surface area (TPSA) is 58.6 Å². The van der Waals surface area contributed by atoms with Crippen LogP contribution in [0.1, 0.15) is 32.6 Å². The molecule has 0 spiro atoms. The zero-order valence-electron chi connectivity index (χ0n) is 8.71. The van der Waals surface area contributed by atoms with Crippen LogP contribution >= 0.6 is 0 Å². The van der Waals surface area contributed by atoms with Gasteiger partial charge in [0.25, 0.3) is 0 Å². The lowest BCUT2D eigenvalue weighted by Gasteiger charge is -2.21. The Bertz CT molecular complexity index is 188. The van der Waals surface area contributed by atoms with Crippen molar-refractivity contribution in [3.05, 3.63) is 0 Å². The van der Waals surface area contributed by atoms with Crippen molar-refractivity contribution < 1.29 is 14.6 Å². The fourth-order valence-corrected chi connectivity index (χ4v) is 1.82. The zero-order chi connectivity index (χ0) is 10.4. The van der Waals surface area contributed by atoms with E-state index in [1.54, 1.807) is 6.92 Å². The molecule has 1 saturated carbocycles. The second-order valence-electron chi connectivity index (χ2n) is 3.84. The quantitative estimate of drug-likeness (QED) is 0.634. The maximum Gasteiger partial charge on any atom is 0.319 e. The maximum absolute atomic E-state index is 11.0. The molecule has 4 heteroatoms. The summed E-state index contributed by atoms with van der Waals surface area (Å²) >= 11 is 0. The van der Waals surface area contributed by atoms with Crippen molar-refractivity contribution in [2.45, 2.75) is 38.2 Å². The molecule has 0 bridgehead atoms. The van der Waals surface area contributed by atoms with Crippen LogP contribution in [0.4, 0.5) is 0 Å². The molecule has 1 aliphatic carbocycles. The summed E-state index contributed by atoms with van der Waals surface area (Å²) in [5.41, 5.74) is -0.591. The predicted molar refractivity (Wildman–Crippen MR) is 52.9 cm³/mol. The molecule has 4 nitrogen and oxygen atoms in total. The van der Waals surface area contributed by atoms with Crippen LogP contribution in [0.25, 0.3) is 0 Å². The van der Waals surface area contributed by atoms with Gasteiger partial charge in [0.05, 0.1) is 18.8 Å². The Hall–Kier alpha value is -0.610. The van der Waals surface area contributed by atoms with Crippen molar-refractivity contribution in [2.24, 2.45) is 0 Å². The molecule has 0 unspecified atom stereocenters. The molecule has 0 heterocycles. The lowest BCUT2D eigenvalue weighted by molar-refractivity contribution is -0.142. The molecule has 0 saturated heterocycles. The van der Waals surface area contributed by atoms with Gasteiger partial charge in [-0.2, -0.15) is 0 Å². The van der Waals surface area contributed by atoms with Crippen LogP contribution in [0.2, 0.25) is 0 Å². The Labute approximate surface area is 84.6 Å². The van der Waals surface area contributed by atoms with E-state index in [0.717, 1.165) is 25.7 Å². The number of ether oxygens (including phenoxy) is 1. The largest absolute Gasteiger partial charge is 0.465 e. The first-order chi connectivity index (χ1) is 6.66. The molecule has 1 fully saturated rings. The van der Waals surface area contributed by atoms with Gasteiger partial charge in [-0.3, -0.25) is 4.79 Å². The van der Waals surface area contributed by atoms with Crippen molar-refractivity contribution in [1.82, 2.24) is 5.32 Å². The van der Waals surface area contributed by atoms with E-state index in [0.29, 0.717) is 13.2 Å². The number of rotatable bonds is 5. The van der Waals surface area contributed by atoms with Gasteiger partial charge in [0.1, 0.15) is 0 Å². The summed E-state index contributed by atoms with van der Waals surface area (Å²) in [6, 6.07) is 0. The molecule has 0 aromatic carbocycles. The van der Waals surface area contributed by atoms with Crippen molar-refractivity contribution in [3.63, 3.8) is 0 Å². The van der Waals surface area contributed by atoms with Gasteiger partial charge < -0.3 is 15.2 Å². The average Bonchev–Trinajstić information content (AvgIpc) is 2.53. The van der Waals surface area contributed by atoms with Crippen LogP contribution in [0, 0.1) is 0 Å². The summed E-state index contributed by atoms with van der Waals surface area (Å²) in [6.07, 6.45) is 3.83. The summed E-state index contributed by atoms with van der Waals surface area (Å²) in [6.45, 7) is 2.87. The van der Waals surface area contributed by atoms with E-state index in [4.69, 9.17) is 4.74 Å². The molecular formula is C10H19NO3. The number of nitrogens with one attached hydrogen (secondary N) is 1. The van der Waals surface area contributed by atoms with Gasteiger partial charge >= 0.3 is 5.97 Å². The first kappa shape index (κ1) is 11.5. The van der Waals surface area contributed by atoms with Crippen LogP contribution in [0.3, 0.4) is 0 Å². The van der Waals surface area contributed by atoms with Crippen LogP contribution in [-0.4, -0.2) is 36.4 Å². The molecule has 2 N–H and O–H groups in total. The van der Waals surface area contributed by atoms with E-state index in [-0.39, 0.29) is 12.5 Å². The number of carbonyl (C=O) groups excluding carboxylic acids is 1. The van der Waals surface area contributed by atoms with Gasteiger partial charge in [0, 0.05) is 6.54 Å². The smallest absolute Gasteiger partial charge is 0.319 e. The molecule has 0 aromatic rings. The van der Waals surface area contributed by atoms with E-state index in [1.165, 1.54) is 0 Å². The summed E-state index contributed by atoms with van der Waals surface area (Å²) in [5.74, 6) is -0.255. The van der Waals surface area contributed by atoms with Gasteiger partial charge in [0.2, 0.25) is 0 Å². The Kier molecular flexibility index (Phi) is 4.35. The lowest BCUT2D eigenvalue weighted by Crippen LogP contribution is -2.40. The molecule has 82 valence electrons. The van der Waals surface area contributed by atoms with Crippen molar-refractivity contribution in [2.75, 3.05) is 19.7 Å². The second-order valence-corrected chi connectivity index (χ2v) is 3.84. The van der Waals surface area contributed by atoms with Gasteiger partial charge in [-0.1, -0.05) is 12.8 Å². The third kappa shape index (κ3) is 3.64. The van der Waals surface area contributed by atoms with Crippen molar-refractivity contribution in [1.29, 1.82) is 0 Å². The van der Waals surface area contributed by atoms with Gasteiger partial charge in [0.15, 0.2) is 0 Å². The van der Waals surface area contributed by atoms with E-state index >= 15 is 0 Å². The van der Waals surface area contributed by atoms with Crippen LogP contribution in [-0.2, 0) is 9.53 Å².